The number of allylic oxidation sites excluding steroid dienone is 1. The molecule has 0 aromatic heterocycles. The Bertz CT molecular complexity index is 289. The molecule has 0 amide bonds. The van der Waals surface area contributed by atoms with Gasteiger partial charge in [-0.25, -0.2) is 8.42 Å². The molecule has 2 aliphatic rings. The maximum Gasteiger partial charge on any atom is 0.160 e. The molecule has 3 atom stereocenters. The topological polar surface area (TPSA) is 34.1 Å². The molecule has 1 fully saturated rings. The highest BCUT2D eigenvalue weighted by Gasteiger charge is 2.47. The minimum absolute atomic E-state index is 0.0718. The van der Waals surface area contributed by atoms with Crippen LogP contribution in [0.5, 0.6) is 0 Å². The zero-order valence-corrected chi connectivity index (χ0v) is 7.34. The van der Waals surface area contributed by atoms with E-state index in [0.29, 0.717) is 5.92 Å². The van der Waals surface area contributed by atoms with Crippen LogP contribution in [0.2, 0.25) is 0 Å². The monoisotopic (exact) mass is 172 g/mol. The molecule has 3 heteroatoms. The zero-order valence-electron chi connectivity index (χ0n) is 6.53. The van der Waals surface area contributed by atoms with E-state index in [1.807, 2.05) is 13.0 Å². The van der Waals surface area contributed by atoms with Crippen LogP contribution in [-0.4, -0.2) is 18.9 Å². The van der Waals surface area contributed by atoms with Gasteiger partial charge in [0.1, 0.15) is 0 Å². The van der Waals surface area contributed by atoms with Crippen LogP contribution in [0.3, 0.4) is 0 Å². The van der Waals surface area contributed by atoms with E-state index in [4.69, 9.17) is 0 Å². The predicted molar refractivity (Wildman–Crippen MR) is 44.0 cm³/mol. The van der Waals surface area contributed by atoms with Crippen molar-refractivity contribution in [2.45, 2.75) is 30.3 Å². The van der Waals surface area contributed by atoms with Crippen molar-refractivity contribution in [2.24, 2.45) is 5.92 Å². The first-order valence-corrected chi connectivity index (χ1v) is 5.68. The SMILES string of the molecule is CC[C@@H]1[C@H]2C=C[C@H](C2)S1(=O)=O. The Kier molecular flexibility index (Phi) is 1.40. The minimum atomic E-state index is -2.77. The van der Waals surface area contributed by atoms with Gasteiger partial charge < -0.3 is 0 Å². The highest BCUT2D eigenvalue weighted by atomic mass is 32.2. The standard InChI is InChI=1S/C8H12O2S/c1-2-8-6-3-4-7(5-6)11(8,9)10/h3-4,6-8H,2,5H2,1H3/t6-,7+,8+/m0/s1. The van der Waals surface area contributed by atoms with Crippen LogP contribution in [0.1, 0.15) is 19.8 Å². The van der Waals surface area contributed by atoms with Crippen molar-refractivity contribution in [2.75, 3.05) is 0 Å². The fourth-order valence-electron chi connectivity index (χ4n) is 2.21. The van der Waals surface area contributed by atoms with Crippen LogP contribution in [0.25, 0.3) is 0 Å². The van der Waals surface area contributed by atoms with Gasteiger partial charge in [-0.1, -0.05) is 19.1 Å². The molecule has 0 unspecified atom stereocenters. The average molecular weight is 172 g/mol. The molecule has 2 nitrogen and oxygen atoms in total. The largest absolute Gasteiger partial charge is 0.228 e. The van der Waals surface area contributed by atoms with Crippen LogP contribution in [0.4, 0.5) is 0 Å². The lowest BCUT2D eigenvalue weighted by molar-refractivity contribution is 0.563. The van der Waals surface area contributed by atoms with Gasteiger partial charge in [-0.3, -0.25) is 0 Å². The van der Waals surface area contributed by atoms with E-state index in [1.165, 1.54) is 0 Å². The summed E-state index contributed by atoms with van der Waals surface area (Å²) in [5, 5.41) is -0.213. The van der Waals surface area contributed by atoms with Crippen molar-refractivity contribution in [3.63, 3.8) is 0 Å². The highest BCUT2D eigenvalue weighted by molar-refractivity contribution is 7.93. The summed E-state index contributed by atoms with van der Waals surface area (Å²) in [5.41, 5.74) is 0. The van der Waals surface area contributed by atoms with Crippen LogP contribution in [-0.2, 0) is 9.84 Å². The molecule has 1 aliphatic heterocycles. The number of hydrogen-bond acceptors (Lipinski definition) is 2. The summed E-state index contributed by atoms with van der Waals surface area (Å²) in [6.07, 6.45) is 5.54. The third-order valence-corrected chi connectivity index (χ3v) is 5.52. The van der Waals surface area contributed by atoms with Gasteiger partial charge in [-0.2, -0.15) is 0 Å². The summed E-state index contributed by atoms with van der Waals surface area (Å²) in [6, 6.07) is 0. The summed E-state index contributed by atoms with van der Waals surface area (Å²) >= 11 is 0. The number of sulfone groups is 1. The molecule has 0 aromatic carbocycles. The molecule has 0 radical (unpaired) electrons. The second kappa shape index (κ2) is 2.09. The van der Waals surface area contributed by atoms with Crippen LogP contribution in [0, 0.1) is 5.92 Å². The van der Waals surface area contributed by atoms with Gasteiger partial charge >= 0.3 is 0 Å². The van der Waals surface area contributed by atoms with Gasteiger partial charge in [0.15, 0.2) is 9.84 Å². The van der Waals surface area contributed by atoms with E-state index >= 15 is 0 Å². The molecular formula is C8H12O2S. The highest BCUT2D eigenvalue weighted by Crippen LogP contribution is 2.40. The minimum Gasteiger partial charge on any atom is -0.228 e. The molecule has 2 bridgehead atoms. The quantitative estimate of drug-likeness (QED) is 0.556. The first-order valence-electron chi connectivity index (χ1n) is 4.07. The first-order chi connectivity index (χ1) is 5.16. The average Bonchev–Trinajstić information content (AvgIpc) is 2.44. The maximum absolute atomic E-state index is 11.5. The summed E-state index contributed by atoms with van der Waals surface area (Å²) in [4.78, 5) is 0. The Hall–Kier alpha value is -0.310. The molecule has 1 heterocycles. The van der Waals surface area contributed by atoms with E-state index in [-0.39, 0.29) is 10.5 Å². The third kappa shape index (κ3) is 0.804. The molecule has 0 spiro atoms. The molecule has 0 N–H and O–H groups in total. The first kappa shape index (κ1) is 7.35. The van der Waals surface area contributed by atoms with Crippen molar-refractivity contribution in [1.29, 1.82) is 0 Å². The Labute approximate surface area is 67.2 Å². The van der Waals surface area contributed by atoms with E-state index in [9.17, 15) is 8.42 Å². The Balaban J connectivity index is 2.44. The van der Waals surface area contributed by atoms with Crippen molar-refractivity contribution in [3.8, 4) is 0 Å². The summed E-state index contributed by atoms with van der Waals surface area (Å²) in [6.45, 7) is 1.96. The normalized spacial score (nSPS) is 45.0. The van der Waals surface area contributed by atoms with Crippen LogP contribution >= 0.6 is 0 Å². The maximum atomic E-state index is 11.5. The molecule has 2 rings (SSSR count). The number of hydrogen-bond donors (Lipinski definition) is 0. The van der Waals surface area contributed by atoms with Crippen molar-refractivity contribution in [1.82, 2.24) is 0 Å². The summed E-state index contributed by atoms with van der Waals surface area (Å²) < 4.78 is 23.1. The van der Waals surface area contributed by atoms with Gasteiger partial charge in [0, 0.05) is 0 Å². The van der Waals surface area contributed by atoms with Gasteiger partial charge in [0.05, 0.1) is 10.5 Å². The van der Waals surface area contributed by atoms with Crippen molar-refractivity contribution >= 4 is 9.84 Å². The third-order valence-electron chi connectivity index (χ3n) is 2.80. The summed E-state index contributed by atoms with van der Waals surface area (Å²) in [7, 11) is -2.77. The Morgan fingerprint density at radius 1 is 1.45 bits per heavy atom. The number of fused-ring (bicyclic) bond motifs is 2. The van der Waals surface area contributed by atoms with Gasteiger partial charge in [-0.15, -0.1) is 0 Å². The molecule has 0 aromatic rings. The Morgan fingerprint density at radius 2 is 2.18 bits per heavy atom. The second-order valence-electron chi connectivity index (χ2n) is 3.36. The van der Waals surface area contributed by atoms with Gasteiger partial charge in [0.25, 0.3) is 0 Å². The van der Waals surface area contributed by atoms with E-state index in [1.54, 1.807) is 0 Å². The Morgan fingerprint density at radius 3 is 2.55 bits per heavy atom. The lowest BCUT2D eigenvalue weighted by Gasteiger charge is -2.15. The predicted octanol–water partition coefficient (Wildman–Crippen LogP) is 1.14. The van der Waals surface area contributed by atoms with E-state index in [0.717, 1.165) is 12.8 Å². The molecule has 62 valence electrons. The van der Waals surface area contributed by atoms with Crippen molar-refractivity contribution in [3.05, 3.63) is 12.2 Å². The zero-order chi connectivity index (χ0) is 8.06. The molecular weight excluding hydrogens is 160 g/mol. The van der Waals surface area contributed by atoms with E-state index < -0.39 is 9.84 Å². The molecule has 1 aliphatic carbocycles. The molecule has 1 saturated heterocycles. The van der Waals surface area contributed by atoms with Gasteiger partial charge in [-0.05, 0) is 18.8 Å². The van der Waals surface area contributed by atoms with Crippen LogP contribution < -0.4 is 0 Å². The second-order valence-corrected chi connectivity index (χ2v) is 5.75. The fourth-order valence-corrected chi connectivity index (χ4v) is 4.62. The van der Waals surface area contributed by atoms with Crippen molar-refractivity contribution < 1.29 is 8.42 Å². The summed E-state index contributed by atoms with van der Waals surface area (Å²) in [5.74, 6) is 0.329. The fraction of sp³-hybridized carbons (Fsp3) is 0.750. The lowest BCUT2D eigenvalue weighted by Crippen LogP contribution is -2.26. The molecule has 11 heavy (non-hydrogen) atoms. The lowest BCUT2D eigenvalue weighted by atomic mass is 10.0. The van der Waals surface area contributed by atoms with E-state index in [2.05, 4.69) is 6.08 Å². The van der Waals surface area contributed by atoms with Crippen LogP contribution in [0.15, 0.2) is 12.2 Å². The molecule has 0 saturated carbocycles. The van der Waals surface area contributed by atoms with Gasteiger partial charge in [0.2, 0.25) is 0 Å². The number of rotatable bonds is 1. The smallest absolute Gasteiger partial charge is 0.160 e.